The molecule has 0 aromatic heterocycles. The quantitative estimate of drug-likeness (QED) is 0.734. The van der Waals surface area contributed by atoms with Gasteiger partial charge in [-0.3, -0.25) is 4.79 Å². The van der Waals surface area contributed by atoms with Gasteiger partial charge in [-0.15, -0.1) is 0 Å². The Hall–Kier alpha value is -1.51. The predicted molar refractivity (Wildman–Crippen MR) is 54.1 cm³/mol. The molecule has 0 aliphatic rings. The molecule has 76 valence electrons. The molecule has 0 bridgehead atoms. The number of rotatable bonds is 2. The Morgan fingerprint density at radius 1 is 1.36 bits per heavy atom. The van der Waals surface area contributed by atoms with Gasteiger partial charge in [0.1, 0.15) is 0 Å². The number of methoxy groups -OCH3 is 1. The van der Waals surface area contributed by atoms with Gasteiger partial charge >= 0.3 is 0 Å². The van der Waals surface area contributed by atoms with Crippen LogP contribution in [0.2, 0.25) is 0 Å². The van der Waals surface area contributed by atoms with Crippen molar-refractivity contribution in [3.8, 4) is 11.5 Å². The smallest absolute Gasteiger partial charge is 0.169 e. The highest BCUT2D eigenvalue weighted by Gasteiger charge is 2.16. The highest BCUT2D eigenvalue weighted by molar-refractivity contribution is 5.99. The van der Waals surface area contributed by atoms with Crippen LogP contribution in [0, 0.1) is 13.8 Å². The summed E-state index contributed by atoms with van der Waals surface area (Å²) in [5.74, 6) is 0.164. The van der Waals surface area contributed by atoms with Crippen LogP contribution < -0.4 is 4.74 Å². The predicted octanol–water partition coefficient (Wildman–Crippen LogP) is 2.22. The molecule has 1 N–H and O–H groups in total. The van der Waals surface area contributed by atoms with Crippen LogP contribution in [0.3, 0.4) is 0 Å². The summed E-state index contributed by atoms with van der Waals surface area (Å²) in [6.45, 7) is 5.05. The number of hydrogen-bond acceptors (Lipinski definition) is 3. The molecule has 0 atom stereocenters. The molecule has 3 nitrogen and oxygen atoms in total. The number of benzene rings is 1. The van der Waals surface area contributed by atoms with Crippen molar-refractivity contribution in [2.24, 2.45) is 0 Å². The molecular formula is C11H14O3. The van der Waals surface area contributed by atoms with Crippen molar-refractivity contribution < 1.29 is 14.6 Å². The van der Waals surface area contributed by atoms with E-state index >= 15 is 0 Å². The number of carbonyl (C=O) groups is 1. The molecule has 0 fully saturated rings. The fourth-order valence-electron chi connectivity index (χ4n) is 1.65. The summed E-state index contributed by atoms with van der Waals surface area (Å²) in [4.78, 5) is 11.3. The Bertz CT molecular complexity index is 381. The summed E-state index contributed by atoms with van der Waals surface area (Å²) in [7, 11) is 1.47. The number of ketones is 1. The third-order valence-corrected chi connectivity index (χ3v) is 2.19. The maximum Gasteiger partial charge on any atom is 0.169 e. The number of aromatic hydroxyl groups is 1. The first-order valence-electron chi connectivity index (χ1n) is 4.37. The van der Waals surface area contributed by atoms with E-state index in [2.05, 4.69) is 0 Å². The summed E-state index contributed by atoms with van der Waals surface area (Å²) in [5, 5.41) is 9.78. The van der Waals surface area contributed by atoms with E-state index in [0.29, 0.717) is 11.3 Å². The van der Waals surface area contributed by atoms with E-state index in [1.807, 2.05) is 13.0 Å². The maximum atomic E-state index is 11.3. The number of ether oxygens (including phenoxy) is 1. The van der Waals surface area contributed by atoms with Crippen molar-refractivity contribution in [3.63, 3.8) is 0 Å². The Labute approximate surface area is 83.3 Å². The van der Waals surface area contributed by atoms with Crippen LogP contribution in [-0.4, -0.2) is 18.0 Å². The van der Waals surface area contributed by atoms with Crippen LogP contribution in [-0.2, 0) is 0 Å². The molecule has 3 heteroatoms. The van der Waals surface area contributed by atoms with Gasteiger partial charge in [-0.2, -0.15) is 0 Å². The average Bonchev–Trinajstić information content (AvgIpc) is 2.02. The lowest BCUT2D eigenvalue weighted by atomic mass is 10.0. The second-order valence-electron chi connectivity index (χ2n) is 3.32. The summed E-state index contributed by atoms with van der Waals surface area (Å²) in [6, 6.07) is 1.83. The summed E-state index contributed by atoms with van der Waals surface area (Å²) in [5.41, 5.74) is 1.94. The van der Waals surface area contributed by atoms with Gasteiger partial charge in [0.2, 0.25) is 0 Å². The molecule has 0 saturated heterocycles. The zero-order valence-electron chi connectivity index (χ0n) is 8.84. The summed E-state index contributed by atoms with van der Waals surface area (Å²) >= 11 is 0. The first-order chi connectivity index (χ1) is 6.49. The lowest BCUT2D eigenvalue weighted by Gasteiger charge is -2.12. The van der Waals surface area contributed by atoms with E-state index in [4.69, 9.17) is 4.74 Å². The fraction of sp³-hybridized carbons (Fsp3) is 0.364. The van der Waals surface area contributed by atoms with Gasteiger partial charge in [-0.25, -0.2) is 0 Å². The SMILES string of the molecule is COc1c(C)cc(C)c(C(C)=O)c1O. The van der Waals surface area contributed by atoms with E-state index in [1.54, 1.807) is 6.92 Å². The summed E-state index contributed by atoms with van der Waals surface area (Å²) in [6.07, 6.45) is 0. The summed E-state index contributed by atoms with van der Waals surface area (Å²) < 4.78 is 5.02. The molecule has 0 spiro atoms. The number of phenols is 1. The van der Waals surface area contributed by atoms with Gasteiger partial charge in [-0.1, -0.05) is 6.07 Å². The van der Waals surface area contributed by atoms with Gasteiger partial charge in [0.15, 0.2) is 17.3 Å². The lowest BCUT2D eigenvalue weighted by molar-refractivity contribution is 0.101. The minimum Gasteiger partial charge on any atom is -0.504 e. The molecule has 0 heterocycles. The first-order valence-corrected chi connectivity index (χ1v) is 4.37. The van der Waals surface area contributed by atoms with Gasteiger partial charge in [0.05, 0.1) is 12.7 Å². The second kappa shape index (κ2) is 3.70. The van der Waals surface area contributed by atoms with Crippen LogP contribution in [0.25, 0.3) is 0 Å². The Kier molecular flexibility index (Phi) is 2.79. The molecule has 1 aromatic rings. The van der Waals surface area contributed by atoms with E-state index in [9.17, 15) is 9.90 Å². The van der Waals surface area contributed by atoms with Crippen molar-refractivity contribution >= 4 is 5.78 Å². The van der Waals surface area contributed by atoms with Crippen LogP contribution >= 0.6 is 0 Å². The zero-order valence-corrected chi connectivity index (χ0v) is 8.84. The Morgan fingerprint density at radius 2 is 1.93 bits per heavy atom. The molecule has 0 unspecified atom stereocenters. The number of carbonyl (C=O) groups excluding carboxylic acids is 1. The number of hydrogen-bond donors (Lipinski definition) is 1. The molecular weight excluding hydrogens is 180 g/mol. The van der Waals surface area contributed by atoms with E-state index in [0.717, 1.165) is 11.1 Å². The number of Topliss-reactive ketones (excluding diaryl/α,β-unsaturated/α-hetero) is 1. The molecule has 0 amide bonds. The van der Waals surface area contributed by atoms with Gasteiger partial charge in [-0.05, 0) is 31.9 Å². The zero-order chi connectivity index (χ0) is 10.9. The highest BCUT2D eigenvalue weighted by Crippen LogP contribution is 2.35. The molecule has 0 saturated carbocycles. The molecule has 0 aliphatic heterocycles. The first kappa shape index (κ1) is 10.6. The molecule has 0 aliphatic carbocycles. The topological polar surface area (TPSA) is 46.5 Å². The van der Waals surface area contributed by atoms with Crippen molar-refractivity contribution in [2.75, 3.05) is 7.11 Å². The normalized spacial score (nSPS) is 10.0. The maximum absolute atomic E-state index is 11.3. The molecule has 0 radical (unpaired) electrons. The van der Waals surface area contributed by atoms with Crippen LogP contribution in [0.1, 0.15) is 28.4 Å². The van der Waals surface area contributed by atoms with Crippen molar-refractivity contribution in [1.29, 1.82) is 0 Å². The fourth-order valence-corrected chi connectivity index (χ4v) is 1.65. The Balaban J connectivity index is 3.52. The van der Waals surface area contributed by atoms with Crippen LogP contribution in [0.5, 0.6) is 11.5 Å². The number of aryl methyl sites for hydroxylation is 2. The third kappa shape index (κ3) is 1.58. The van der Waals surface area contributed by atoms with Crippen LogP contribution in [0.4, 0.5) is 0 Å². The van der Waals surface area contributed by atoms with Crippen molar-refractivity contribution in [1.82, 2.24) is 0 Å². The average molecular weight is 194 g/mol. The van der Waals surface area contributed by atoms with E-state index in [1.165, 1.54) is 14.0 Å². The highest BCUT2D eigenvalue weighted by atomic mass is 16.5. The third-order valence-electron chi connectivity index (χ3n) is 2.19. The Morgan fingerprint density at radius 3 is 2.36 bits per heavy atom. The van der Waals surface area contributed by atoms with E-state index in [-0.39, 0.29) is 11.5 Å². The standard InChI is InChI=1S/C11H14O3/c1-6-5-7(2)11(14-4)10(13)9(6)8(3)12/h5,13H,1-4H3. The monoisotopic (exact) mass is 194 g/mol. The largest absolute Gasteiger partial charge is 0.504 e. The van der Waals surface area contributed by atoms with Gasteiger partial charge < -0.3 is 9.84 Å². The molecule has 14 heavy (non-hydrogen) atoms. The number of phenolic OH excluding ortho intramolecular Hbond substituents is 1. The van der Waals surface area contributed by atoms with E-state index < -0.39 is 0 Å². The second-order valence-corrected chi connectivity index (χ2v) is 3.32. The minimum absolute atomic E-state index is 0.0579. The van der Waals surface area contributed by atoms with Gasteiger partial charge in [0, 0.05) is 0 Å². The lowest BCUT2D eigenvalue weighted by Crippen LogP contribution is -2.00. The minimum atomic E-state index is -0.154. The van der Waals surface area contributed by atoms with Crippen molar-refractivity contribution in [3.05, 3.63) is 22.8 Å². The van der Waals surface area contributed by atoms with Crippen molar-refractivity contribution in [2.45, 2.75) is 20.8 Å². The molecule has 1 rings (SSSR count). The molecule has 1 aromatic carbocycles. The van der Waals surface area contributed by atoms with Crippen LogP contribution in [0.15, 0.2) is 6.07 Å². The van der Waals surface area contributed by atoms with Gasteiger partial charge in [0.25, 0.3) is 0 Å².